The van der Waals surface area contributed by atoms with Gasteiger partial charge in [0.05, 0.1) is 5.54 Å². The fourth-order valence-electron chi connectivity index (χ4n) is 1.47. The summed E-state index contributed by atoms with van der Waals surface area (Å²) in [7, 11) is 0. The van der Waals surface area contributed by atoms with Crippen LogP contribution in [0.4, 0.5) is 5.69 Å². The van der Waals surface area contributed by atoms with Crippen molar-refractivity contribution in [3.05, 3.63) is 30.1 Å². The van der Waals surface area contributed by atoms with Gasteiger partial charge in [-0.15, -0.1) is 0 Å². The molecule has 0 unspecified atom stereocenters. The van der Waals surface area contributed by atoms with Crippen molar-refractivity contribution in [2.45, 2.75) is 26.3 Å². The number of benzene rings is 1. The minimum atomic E-state index is -0.903. The molecule has 2 rings (SSSR count). The van der Waals surface area contributed by atoms with Crippen molar-refractivity contribution in [2.75, 3.05) is 5.32 Å². The zero-order valence-electron chi connectivity index (χ0n) is 11.2. The molecule has 1 aromatic heterocycles. The Morgan fingerprint density at radius 1 is 1.32 bits per heavy atom. The SMILES string of the molecule is Cc1nc(-c2ccc(NC(=O)C(C)(C)N)cc2)n[nH]1. The van der Waals surface area contributed by atoms with Gasteiger partial charge < -0.3 is 11.1 Å². The number of hydrogen-bond acceptors (Lipinski definition) is 4. The van der Waals surface area contributed by atoms with Gasteiger partial charge >= 0.3 is 0 Å². The van der Waals surface area contributed by atoms with Crippen LogP contribution in [0, 0.1) is 6.92 Å². The van der Waals surface area contributed by atoms with Crippen LogP contribution in [0.15, 0.2) is 24.3 Å². The predicted molar refractivity (Wildman–Crippen MR) is 73.5 cm³/mol. The number of aromatic amines is 1. The third kappa shape index (κ3) is 3.17. The van der Waals surface area contributed by atoms with Crippen LogP contribution >= 0.6 is 0 Å². The molecule has 2 aromatic rings. The third-order valence-corrected chi connectivity index (χ3v) is 2.58. The van der Waals surface area contributed by atoms with Crippen molar-refractivity contribution in [1.82, 2.24) is 15.2 Å². The van der Waals surface area contributed by atoms with Crippen molar-refractivity contribution in [1.29, 1.82) is 0 Å². The number of anilines is 1. The molecule has 0 radical (unpaired) electrons. The Bertz CT molecular complexity index is 580. The summed E-state index contributed by atoms with van der Waals surface area (Å²) in [5, 5.41) is 9.61. The number of carbonyl (C=O) groups is 1. The maximum Gasteiger partial charge on any atom is 0.243 e. The second kappa shape index (κ2) is 4.81. The van der Waals surface area contributed by atoms with E-state index in [-0.39, 0.29) is 5.91 Å². The molecule has 1 aromatic carbocycles. The van der Waals surface area contributed by atoms with Crippen molar-refractivity contribution < 1.29 is 4.79 Å². The van der Waals surface area contributed by atoms with Crippen LogP contribution in [0.3, 0.4) is 0 Å². The largest absolute Gasteiger partial charge is 0.325 e. The first kappa shape index (κ1) is 13.2. The molecule has 1 amide bonds. The summed E-state index contributed by atoms with van der Waals surface area (Å²) in [4.78, 5) is 16.0. The predicted octanol–water partition coefficient (Wildman–Crippen LogP) is 1.46. The van der Waals surface area contributed by atoms with E-state index in [1.807, 2.05) is 19.1 Å². The normalized spacial score (nSPS) is 11.4. The quantitative estimate of drug-likeness (QED) is 0.777. The van der Waals surface area contributed by atoms with Gasteiger partial charge in [-0.25, -0.2) is 4.98 Å². The van der Waals surface area contributed by atoms with Crippen molar-refractivity contribution >= 4 is 11.6 Å². The first-order valence-electron chi connectivity index (χ1n) is 5.96. The van der Waals surface area contributed by atoms with E-state index < -0.39 is 5.54 Å². The highest BCUT2D eigenvalue weighted by Crippen LogP contribution is 2.18. The minimum Gasteiger partial charge on any atom is -0.325 e. The molecular weight excluding hydrogens is 242 g/mol. The second-order valence-electron chi connectivity index (χ2n) is 5.00. The van der Waals surface area contributed by atoms with Crippen molar-refractivity contribution in [2.24, 2.45) is 5.73 Å². The van der Waals surface area contributed by atoms with Gasteiger partial charge in [0.25, 0.3) is 0 Å². The summed E-state index contributed by atoms with van der Waals surface area (Å²) in [5.41, 5.74) is 6.39. The summed E-state index contributed by atoms with van der Waals surface area (Å²) in [6.07, 6.45) is 0. The minimum absolute atomic E-state index is 0.228. The van der Waals surface area contributed by atoms with Gasteiger partial charge in [-0.1, -0.05) is 0 Å². The van der Waals surface area contributed by atoms with Crippen LogP contribution in [0.5, 0.6) is 0 Å². The van der Waals surface area contributed by atoms with Crippen LogP contribution in [-0.2, 0) is 4.79 Å². The number of nitrogens with two attached hydrogens (primary N) is 1. The van der Waals surface area contributed by atoms with E-state index in [0.717, 1.165) is 11.4 Å². The molecule has 0 spiro atoms. The summed E-state index contributed by atoms with van der Waals surface area (Å²) in [6.45, 7) is 5.16. The van der Waals surface area contributed by atoms with E-state index in [1.165, 1.54) is 0 Å². The summed E-state index contributed by atoms with van der Waals surface area (Å²) in [5.74, 6) is 1.17. The van der Waals surface area contributed by atoms with E-state index in [1.54, 1.807) is 26.0 Å². The third-order valence-electron chi connectivity index (χ3n) is 2.58. The first-order chi connectivity index (χ1) is 8.86. The van der Waals surface area contributed by atoms with E-state index >= 15 is 0 Å². The highest BCUT2D eigenvalue weighted by Gasteiger charge is 2.21. The Balaban J connectivity index is 2.13. The lowest BCUT2D eigenvalue weighted by atomic mass is 10.1. The number of rotatable bonds is 3. The number of aryl methyl sites for hydroxylation is 1. The molecule has 0 aliphatic carbocycles. The van der Waals surface area contributed by atoms with Crippen molar-refractivity contribution in [3.63, 3.8) is 0 Å². The average Bonchev–Trinajstić information content (AvgIpc) is 2.75. The molecule has 4 N–H and O–H groups in total. The maximum atomic E-state index is 11.7. The maximum absolute atomic E-state index is 11.7. The lowest BCUT2D eigenvalue weighted by Gasteiger charge is -2.17. The number of nitrogens with zero attached hydrogens (tertiary/aromatic N) is 2. The van der Waals surface area contributed by atoms with E-state index in [2.05, 4.69) is 20.5 Å². The second-order valence-corrected chi connectivity index (χ2v) is 5.00. The standard InChI is InChI=1S/C13H17N5O/c1-8-15-11(18-17-8)9-4-6-10(7-5-9)16-12(19)13(2,3)14/h4-7H,14H2,1-3H3,(H,16,19)(H,15,17,18). The summed E-state index contributed by atoms with van der Waals surface area (Å²) >= 11 is 0. The van der Waals surface area contributed by atoms with Gasteiger partial charge in [-0.3, -0.25) is 9.89 Å². The lowest BCUT2D eigenvalue weighted by molar-refractivity contribution is -0.120. The number of amides is 1. The highest BCUT2D eigenvalue weighted by molar-refractivity contribution is 5.97. The Morgan fingerprint density at radius 2 is 1.95 bits per heavy atom. The molecule has 0 atom stereocenters. The molecule has 6 nitrogen and oxygen atoms in total. The van der Waals surface area contributed by atoms with E-state index in [0.29, 0.717) is 11.5 Å². The Labute approximate surface area is 111 Å². The zero-order chi connectivity index (χ0) is 14.0. The molecule has 0 bridgehead atoms. The first-order valence-corrected chi connectivity index (χ1v) is 5.96. The number of carbonyl (C=O) groups excluding carboxylic acids is 1. The molecule has 0 saturated heterocycles. The average molecular weight is 259 g/mol. The van der Waals surface area contributed by atoms with Crippen molar-refractivity contribution in [3.8, 4) is 11.4 Å². The van der Waals surface area contributed by atoms with Gasteiger partial charge in [-0.05, 0) is 45.0 Å². The van der Waals surface area contributed by atoms with Gasteiger partial charge in [0.15, 0.2) is 5.82 Å². The van der Waals surface area contributed by atoms with Crippen LogP contribution in [-0.4, -0.2) is 26.6 Å². The van der Waals surface area contributed by atoms with Crippen LogP contribution in [0.2, 0.25) is 0 Å². The van der Waals surface area contributed by atoms with E-state index in [4.69, 9.17) is 5.73 Å². The molecule has 6 heteroatoms. The Morgan fingerprint density at radius 3 is 2.42 bits per heavy atom. The summed E-state index contributed by atoms with van der Waals surface area (Å²) in [6, 6.07) is 7.29. The Kier molecular flexibility index (Phi) is 3.35. The molecule has 0 fully saturated rings. The molecular formula is C13H17N5O. The monoisotopic (exact) mass is 259 g/mol. The molecule has 100 valence electrons. The number of H-pyrrole nitrogens is 1. The van der Waals surface area contributed by atoms with Gasteiger partial charge in [0.2, 0.25) is 5.91 Å². The molecule has 19 heavy (non-hydrogen) atoms. The molecule has 0 aliphatic heterocycles. The molecule has 1 heterocycles. The molecule has 0 saturated carbocycles. The van der Waals surface area contributed by atoms with Gasteiger partial charge in [-0.2, -0.15) is 5.10 Å². The number of hydrogen-bond donors (Lipinski definition) is 3. The topological polar surface area (TPSA) is 96.7 Å². The highest BCUT2D eigenvalue weighted by atomic mass is 16.2. The smallest absolute Gasteiger partial charge is 0.243 e. The lowest BCUT2D eigenvalue weighted by Crippen LogP contribution is -2.45. The van der Waals surface area contributed by atoms with Gasteiger partial charge in [0.1, 0.15) is 5.82 Å². The van der Waals surface area contributed by atoms with Crippen LogP contribution in [0.1, 0.15) is 19.7 Å². The Hall–Kier alpha value is -2.21. The van der Waals surface area contributed by atoms with E-state index in [9.17, 15) is 4.79 Å². The van der Waals surface area contributed by atoms with Crippen LogP contribution in [0.25, 0.3) is 11.4 Å². The van der Waals surface area contributed by atoms with Gasteiger partial charge in [0, 0.05) is 11.3 Å². The number of aromatic nitrogens is 3. The zero-order valence-corrected chi connectivity index (χ0v) is 11.2. The molecule has 0 aliphatic rings. The fourth-order valence-corrected chi connectivity index (χ4v) is 1.47. The van der Waals surface area contributed by atoms with Crippen LogP contribution < -0.4 is 11.1 Å². The summed E-state index contributed by atoms with van der Waals surface area (Å²) < 4.78 is 0. The number of nitrogens with one attached hydrogen (secondary N) is 2. The fraction of sp³-hybridized carbons (Fsp3) is 0.308.